The van der Waals surface area contributed by atoms with Crippen LogP contribution in [0.3, 0.4) is 0 Å². The Morgan fingerprint density at radius 3 is 2.32 bits per heavy atom. The molecule has 3 fully saturated rings. The summed E-state index contributed by atoms with van der Waals surface area (Å²) >= 11 is 0. The van der Waals surface area contributed by atoms with Gasteiger partial charge in [-0.15, -0.1) is 13.2 Å². The molecule has 3 atom stereocenters. The molecule has 0 bridgehead atoms. The molecule has 0 saturated carbocycles. The summed E-state index contributed by atoms with van der Waals surface area (Å²) in [6.45, 7) is 10.3. The zero-order valence-electron chi connectivity index (χ0n) is 38.7. The number of fused-ring (bicyclic) bond motifs is 2. The van der Waals surface area contributed by atoms with Gasteiger partial charge in [-0.2, -0.15) is 5.10 Å². The lowest BCUT2D eigenvalue weighted by Gasteiger charge is -2.42. The number of pyridine rings is 2. The molecule has 0 aliphatic carbocycles. The van der Waals surface area contributed by atoms with E-state index in [-0.39, 0.29) is 59.8 Å². The van der Waals surface area contributed by atoms with Crippen LogP contribution >= 0.6 is 0 Å². The van der Waals surface area contributed by atoms with Crippen LogP contribution in [0, 0.1) is 13.8 Å². The second-order valence-corrected chi connectivity index (χ2v) is 18.4. The Kier molecular flexibility index (Phi) is 12.3. The van der Waals surface area contributed by atoms with Crippen molar-refractivity contribution in [1.29, 1.82) is 0 Å². The molecular formula is C47H54F3N13O5. The minimum Gasteiger partial charge on any atom is -0.406 e. The summed E-state index contributed by atoms with van der Waals surface area (Å²) in [5.41, 5.74) is 11.4. The Morgan fingerprint density at radius 2 is 1.65 bits per heavy atom. The topological polar surface area (TPSA) is 218 Å². The van der Waals surface area contributed by atoms with Crippen LogP contribution in [0.5, 0.6) is 5.75 Å². The third kappa shape index (κ3) is 8.79. The lowest BCUT2D eigenvalue weighted by atomic mass is 9.84. The number of ether oxygens (including phenoxy) is 2. The van der Waals surface area contributed by atoms with Crippen molar-refractivity contribution in [3.63, 3.8) is 0 Å². The molecule has 2 amide bonds. The van der Waals surface area contributed by atoms with Crippen LogP contribution < -0.4 is 20.9 Å². The van der Waals surface area contributed by atoms with Crippen molar-refractivity contribution in [2.24, 2.45) is 0 Å². The first kappa shape index (κ1) is 46.4. The summed E-state index contributed by atoms with van der Waals surface area (Å²) < 4.78 is 48.8. The zero-order valence-corrected chi connectivity index (χ0v) is 38.7. The standard InChI is InChI=1S/C47H54F3N13O5/c1-25-15-30(57-43(64)37(25)44(65)61-11-9-46(67-6,10-12-61)42-34-8-7-33(68-47(48,49)50)20-35(34)53-24-56-42)18-32-22-62(14-13-60(32)5)31-19-36-40(52-21-31)39(55-23-54-36)29-16-26(2)63(27(3)17-29)45(66)41-38(51)28(4)58-59-41/h7-8,15,19-21,23-24,26-27,29,32H,9-14,16-18,22,51H2,1-6H3,(H,57,64)(H,58,59). The highest BCUT2D eigenvalue weighted by atomic mass is 19.4. The molecule has 3 aliphatic rings. The molecule has 0 spiro atoms. The number of methoxy groups -OCH3 is 1. The number of benzene rings is 1. The van der Waals surface area contributed by atoms with Crippen molar-refractivity contribution in [2.75, 3.05) is 57.5 Å². The van der Waals surface area contributed by atoms with E-state index in [9.17, 15) is 27.6 Å². The molecule has 6 aromatic rings. The number of H-pyrrole nitrogens is 2. The number of anilines is 2. The average Bonchev–Trinajstić information content (AvgIpc) is 3.64. The van der Waals surface area contributed by atoms with Crippen LogP contribution in [0.25, 0.3) is 21.9 Å². The monoisotopic (exact) mass is 937 g/mol. The van der Waals surface area contributed by atoms with Gasteiger partial charge in [-0.05, 0) is 90.3 Å². The number of amides is 2. The first-order valence-electron chi connectivity index (χ1n) is 22.7. The van der Waals surface area contributed by atoms with Gasteiger partial charge in [-0.3, -0.25) is 29.4 Å². The number of nitrogens with two attached hydrogens (primary N) is 1. The molecule has 4 N–H and O–H groups in total. The Morgan fingerprint density at radius 1 is 0.926 bits per heavy atom. The first-order valence-corrected chi connectivity index (χ1v) is 22.7. The highest BCUT2D eigenvalue weighted by molar-refractivity contribution is 5.98. The fourth-order valence-corrected chi connectivity index (χ4v) is 10.5. The molecule has 5 aromatic heterocycles. The van der Waals surface area contributed by atoms with E-state index in [1.54, 1.807) is 25.1 Å². The van der Waals surface area contributed by atoms with E-state index in [0.717, 1.165) is 35.5 Å². The fraction of sp³-hybridized carbons (Fsp3) is 0.468. The third-order valence-electron chi connectivity index (χ3n) is 14.1. The molecule has 0 radical (unpaired) electrons. The number of halogens is 3. The molecule has 8 heterocycles. The van der Waals surface area contributed by atoms with Crippen molar-refractivity contribution in [3.05, 3.63) is 99.1 Å². The molecular weight excluding hydrogens is 884 g/mol. The first-order chi connectivity index (χ1) is 32.4. The molecule has 18 nitrogen and oxygen atoms in total. The number of nitrogens with one attached hydrogen (secondary N) is 2. The number of rotatable bonds is 9. The summed E-state index contributed by atoms with van der Waals surface area (Å²) in [4.78, 5) is 75.3. The molecule has 3 saturated heterocycles. The number of piperazine rings is 1. The molecule has 3 aliphatic heterocycles. The third-order valence-corrected chi connectivity index (χ3v) is 14.1. The van der Waals surface area contributed by atoms with Gasteiger partial charge in [0.2, 0.25) is 0 Å². The normalized spacial score (nSPS) is 21.4. The van der Waals surface area contributed by atoms with E-state index in [1.165, 1.54) is 31.6 Å². The second-order valence-electron chi connectivity index (χ2n) is 18.4. The Labute approximate surface area is 389 Å². The van der Waals surface area contributed by atoms with Crippen molar-refractivity contribution >= 4 is 45.1 Å². The highest BCUT2D eigenvalue weighted by Crippen LogP contribution is 2.41. The predicted molar refractivity (Wildman–Crippen MR) is 246 cm³/mol. The Balaban J connectivity index is 0.854. The van der Waals surface area contributed by atoms with Crippen molar-refractivity contribution in [1.82, 2.24) is 54.8 Å². The van der Waals surface area contributed by atoms with Crippen LogP contribution in [-0.4, -0.2) is 138 Å². The van der Waals surface area contributed by atoms with E-state index in [1.807, 2.05) is 31.0 Å². The molecule has 68 heavy (non-hydrogen) atoms. The largest absolute Gasteiger partial charge is 0.573 e. The van der Waals surface area contributed by atoms with Gasteiger partial charge in [-0.1, -0.05) is 0 Å². The number of aromatic amines is 2. The summed E-state index contributed by atoms with van der Waals surface area (Å²) in [6, 6.07) is 7.67. The fourth-order valence-electron chi connectivity index (χ4n) is 10.5. The summed E-state index contributed by atoms with van der Waals surface area (Å²) in [6.07, 6.45) is 2.46. The number of carbonyl (C=O) groups is 2. The molecule has 3 unspecified atom stereocenters. The van der Waals surface area contributed by atoms with Crippen LogP contribution in [0.15, 0.2) is 54.0 Å². The number of hydrogen-bond donors (Lipinski definition) is 3. The Hall–Kier alpha value is -6.74. The number of likely N-dealkylation sites (tertiary alicyclic amines) is 2. The predicted octanol–water partition coefficient (Wildman–Crippen LogP) is 5.41. The van der Waals surface area contributed by atoms with Crippen molar-refractivity contribution in [3.8, 4) is 5.75 Å². The molecule has 21 heteroatoms. The van der Waals surface area contributed by atoms with Crippen LogP contribution in [0.4, 0.5) is 24.5 Å². The Bertz CT molecular complexity index is 2940. The van der Waals surface area contributed by atoms with E-state index < -0.39 is 29.2 Å². The number of aromatic nitrogens is 8. The number of nitrogens with zero attached hydrogens (tertiary/aromatic N) is 10. The van der Waals surface area contributed by atoms with Gasteiger partial charge in [0, 0.05) is 87.4 Å². The summed E-state index contributed by atoms with van der Waals surface area (Å²) in [5.74, 6) is -0.919. The number of piperidine rings is 2. The van der Waals surface area contributed by atoms with Gasteiger partial charge >= 0.3 is 6.36 Å². The lowest BCUT2D eigenvalue weighted by Crippen LogP contribution is -2.52. The van der Waals surface area contributed by atoms with Gasteiger partial charge in [-0.25, -0.2) is 19.9 Å². The number of carbonyl (C=O) groups excluding carboxylic acids is 2. The van der Waals surface area contributed by atoms with Gasteiger partial charge in [0.25, 0.3) is 17.4 Å². The molecule has 358 valence electrons. The lowest BCUT2D eigenvalue weighted by molar-refractivity contribution is -0.274. The molecule has 9 rings (SSSR count). The van der Waals surface area contributed by atoms with E-state index in [2.05, 4.69) is 57.8 Å². The molecule has 1 aromatic carbocycles. The summed E-state index contributed by atoms with van der Waals surface area (Å²) in [7, 11) is 3.60. The number of likely N-dealkylation sites (N-methyl/N-ethyl adjacent to an activating group) is 1. The zero-order chi connectivity index (χ0) is 48.2. The van der Waals surface area contributed by atoms with Crippen LogP contribution in [0.1, 0.15) is 94.6 Å². The van der Waals surface area contributed by atoms with E-state index in [0.29, 0.717) is 72.4 Å². The van der Waals surface area contributed by atoms with E-state index in [4.69, 9.17) is 20.4 Å². The maximum Gasteiger partial charge on any atom is 0.573 e. The minimum atomic E-state index is -4.85. The van der Waals surface area contributed by atoms with Crippen LogP contribution in [-0.2, 0) is 16.8 Å². The smallest absolute Gasteiger partial charge is 0.406 e. The summed E-state index contributed by atoms with van der Waals surface area (Å²) in [5, 5.41) is 7.50. The van der Waals surface area contributed by atoms with Crippen molar-refractivity contribution in [2.45, 2.75) is 95.8 Å². The van der Waals surface area contributed by atoms with E-state index >= 15 is 0 Å². The SMILES string of the molecule is COC1(c2ncnc3cc(OC(F)(F)F)ccc23)CCN(C(=O)c2c(C)cc(CC3CN(c4cnc5c(C6CC(C)N(C(=O)c7n[nH]c(C)c7N)C(C)C6)ncnc5c4)CCN3C)[nH]c2=O)CC1. The number of aryl methyl sites for hydroxylation is 2. The van der Waals surface area contributed by atoms with Crippen molar-refractivity contribution < 1.29 is 32.2 Å². The highest BCUT2D eigenvalue weighted by Gasteiger charge is 2.42. The van der Waals surface area contributed by atoms with Gasteiger partial charge < -0.3 is 34.9 Å². The van der Waals surface area contributed by atoms with Gasteiger partial charge in [0.15, 0.2) is 5.69 Å². The second kappa shape index (κ2) is 18.1. The number of hydrogen-bond acceptors (Lipinski definition) is 14. The quantitative estimate of drug-likeness (QED) is 0.165. The number of alkyl halides is 3. The van der Waals surface area contributed by atoms with Crippen LogP contribution in [0.2, 0.25) is 0 Å². The minimum absolute atomic E-state index is 0.0273. The van der Waals surface area contributed by atoms with Gasteiger partial charge in [0.05, 0.1) is 45.7 Å². The maximum atomic E-state index is 14.0. The number of nitrogen functional groups attached to an aromatic ring is 1. The van der Waals surface area contributed by atoms with Gasteiger partial charge in [0.1, 0.15) is 35.1 Å². The maximum absolute atomic E-state index is 14.0. The average molecular weight is 938 g/mol.